The summed E-state index contributed by atoms with van der Waals surface area (Å²) in [6.07, 6.45) is 8.54. The number of halogens is 1. The molecule has 78 valence electrons. The molecule has 13 heavy (non-hydrogen) atoms. The van der Waals surface area contributed by atoms with Gasteiger partial charge in [0.15, 0.2) is 0 Å². The van der Waals surface area contributed by atoms with Crippen molar-refractivity contribution in [3.8, 4) is 0 Å². The van der Waals surface area contributed by atoms with Gasteiger partial charge in [0.25, 0.3) is 0 Å². The van der Waals surface area contributed by atoms with Crippen molar-refractivity contribution in [2.45, 2.75) is 51.6 Å². The lowest BCUT2D eigenvalue weighted by Crippen LogP contribution is -2.04. The average molecular weight is 249 g/mol. The van der Waals surface area contributed by atoms with E-state index in [0.717, 1.165) is 17.9 Å². The van der Waals surface area contributed by atoms with Gasteiger partial charge in [-0.2, -0.15) is 0 Å². The highest BCUT2D eigenvalue weighted by Crippen LogP contribution is 2.19. The van der Waals surface area contributed by atoms with Gasteiger partial charge in [0, 0.05) is 11.9 Å². The third-order valence-electron chi connectivity index (χ3n) is 2.76. The molecule has 1 aliphatic heterocycles. The van der Waals surface area contributed by atoms with Gasteiger partial charge in [-0.1, -0.05) is 35.7 Å². The van der Waals surface area contributed by atoms with Crippen LogP contribution in [-0.4, -0.2) is 18.0 Å². The van der Waals surface area contributed by atoms with E-state index in [4.69, 9.17) is 4.74 Å². The topological polar surface area (TPSA) is 9.23 Å². The number of unbranched alkanes of at least 4 members (excludes halogenated alkanes) is 1. The Morgan fingerprint density at radius 3 is 2.92 bits per heavy atom. The number of rotatable bonds is 6. The van der Waals surface area contributed by atoms with Gasteiger partial charge in [-0.25, -0.2) is 0 Å². The average Bonchev–Trinajstić information content (AvgIpc) is 2.64. The third kappa shape index (κ3) is 5.02. The van der Waals surface area contributed by atoms with Gasteiger partial charge >= 0.3 is 0 Å². The lowest BCUT2D eigenvalue weighted by molar-refractivity contribution is 0.102. The molecule has 1 nitrogen and oxygen atoms in total. The van der Waals surface area contributed by atoms with E-state index in [1.54, 1.807) is 0 Å². The van der Waals surface area contributed by atoms with Gasteiger partial charge in [-0.15, -0.1) is 0 Å². The van der Waals surface area contributed by atoms with Crippen molar-refractivity contribution in [2.75, 3.05) is 11.9 Å². The molecule has 2 unspecified atom stereocenters. The quantitative estimate of drug-likeness (QED) is 0.514. The van der Waals surface area contributed by atoms with Crippen LogP contribution in [0.4, 0.5) is 0 Å². The molecule has 0 bridgehead atoms. The summed E-state index contributed by atoms with van der Waals surface area (Å²) in [5.74, 6) is 0.837. The molecule has 1 rings (SSSR count). The van der Waals surface area contributed by atoms with Crippen molar-refractivity contribution >= 4 is 15.9 Å². The van der Waals surface area contributed by atoms with Gasteiger partial charge in [-0.3, -0.25) is 0 Å². The highest BCUT2D eigenvalue weighted by Gasteiger charge is 2.14. The summed E-state index contributed by atoms with van der Waals surface area (Å²) in [5, 5.41) is 1.15. The second kappa shape index (κ2) is 6.83. The first-order valence-corrected chi connectivity index (χ1v) is 6.62. The fraction of sp³-hybridized carbons (Fsp3) is 1.00. The zero-order valence-electron chi connectivity index (χ0n) is 8.60. The van der Waals surface area contributed by atoms with Gasteiger partial charge in [0.05, 0.1) is 6.10 Å². The maximum absolute atomic E-state index is 5.58. The minimum absolute atomic E-state index is 0.597. The molecule has 1 fully saturated rings. The Balaban J connectivity index is 1.88. The fourth-order valence-corrected chi connectivity index (χ4v) is 2.14. The van der Waals surface area contributed by atoms with E-state index in [2.05, 4.69) is 22.9 Å². The van der Waals surface area contributed by atoms with Crippen LogP contribution in [0.2, 0.25) is 0 Å². The molecule has 0 aromatic heterocycles. The molecule has 0 N–H and O–H groups in total. The van der Waals surface area contributed by atoms with E-state index in [-0.39, 0.29) is 0 Å². The van der Waals surface area contributed by atoms with Crippen LogP contribution in [0.1, 0.15) is 45.4 Å². The first-order chi connectivity index (χ1) is 6.33. The van der Waals surface area contributed by atoms with E-state index >= 15 is 0 Å². The molecule has 2 heteroatoms. The Kier molecular flexibility index (Phi) is 6.05. The van der Waals surface area contributed by atoms with Crippen LogP contribution >= 0.6 is 15.9 Å². The van der Waals surface area contributed by atoms with E-state index in [1.165, 1.54) is 38.5 Å². The zero-order valence-corrected chi connectivity index (χ0v) is 10.2. The number of alkyl halides is 1. The summed E-state index contributed by atoms with van der Waals surface area (Å²) >= 11 is 3.51. The standard InChI is InChI=1S/C11H21BrO/c1-10(9-12)5-2-3-6-11-7-4-8-13-11/h10-11H,2-9H2,1H3. The molecule has 0 aromatic carbocycles. The van der Waals surface area contributed by atoms with Crippen molar-refractivity contribution < 1.29 is 4.74 Å². The number of hydrogen-bond acceptors (Lipinski definition) is 1. The SMILES string of the molecule is CC(CBr)CCCCC1CCCO1. The van der Waals surface area contributed by atoms with Crippen LogP contribution in [0.5, 0.6) is 0 Å². The van der Waals surface area contributed by atoms with Gasteiger partial charge < -0.3 is 4.74 Å². The summed E-state index contributed by atoms with van der Waals surface area (Å²) in [4.78, 5) is 0. The van der Waals surface area contributed by atoms with E-state index in [0.29, 0.717) is 6.10 Å². The molecule has 0 aliphatic carbocycles. The largest absolute Gasteiger partial charge is 0.378 e. The molecular weight excluding hydrogens is 228 g/mol. The van der Waals surface area contributed by atoms with Crippen molar-refractivity contribution in [3.05, 3.63) is 0 Å². The lowest BCUT2D eigenvalue weighted by atomic mass is 10.0. The molecule has 0 spiro atoms. The van der Waals surface area contributed by atoms with Gasteiger partial charge in [0.2, 0.25) is 0 Å². The maximum atomic E-state index is 5.58. The second-order valence-electron chi connectivity index (χ2n) is 4.18. The molecule has 1 saturated heterocycles. The normalized spacial score (nSPS) is 24.9. The maximum Gasteiger partial charge on any atom is 0.0576 e. The summed E-state index contributed by atoms with van der Waals surface area (Å²) in [7, 11) is 0. The molecule has 1 heterocycles. The predicted molar refractivity (Wildman–Crippen MR) is 60.4 cm³/mol. The number of ether oxygens (including phenoxy) is 1. The predicted octanol–water partition coefficient (Wildman–Crippen LogP) is 3.76. The molecule has 2 atom stereocenters. The van der Waals surface area contributed by atoms with Gasteiger partial charge in [0.1, 0.15) is 0 Å². The van der Waals surface area contributed by atoms with Crippen molar-refractivity contribution in [1.82, 2.24) is 0 Å². The van der Waals surface area contributed by atoms with E-state index < -0.39 is 0 Å². The molecule has 0 aromatic rings. The summed E-state index contributed by atoms with van der Waals surface area (Å²) in [6.45, 7) is 3.31. The molecule has 0 saturated carbocycles. The Morgan fingerprint density at radius 1 is 1.46 bits per heavy atom. The van der Waals surface area contributed by atoms with Crippen LogP contribution in [0.15, 0.2) is 0 Å². The summed E-state index contributed by atoms with van der Waals surface area (Å²) in [6, 6.07) is 0. The summed E-state index contributed by atoms with van der Waals surface area (Å²) in [5.41, 5.74) is 0. The Bertz CT molecular complexity index is 121. The van der Waals surface area contributed by atoms with Crippen LogP contribution in [0, 0.1) is 5.92 Å². The highest BCUT2D eigenvalue weighted by molar-refractivity contribution is 9.09. The molecular formula is C11H21BrO. The molecule has 1 aliphatic rings. The Morgan fingerprint density at radius 2 is 2.31 bits per heavy atom. The Labute approximate surface area is 90.4 Å². The second-order valence-corrected chi connectivity index (χ2v) is 4.83. The molecule has 0 radical (unpaired) electrons. The van der Waals surface area contributed by atoms with Crippen molar-refractivity contribution in [1.29, 1.82) is 0 Å². The van der Waals surface area contributed by atoms with Crippen LogP contribution in [0.25, 0.3) is 0 Å². The van der Waals surface area contributed by atoms with Crippen molar-refractivity contribution in [2.24, 2.45) is 5.92 Å². The van der Waals surface area contributed by atoms with E-state index in [9.17, 15) is 0 Å². The monoisotopic (exact) mass is 248 g/mol. The first kappa shape index (κ1) is 11.5. The lowest BCUT2D eigenvalue weighted by Gasteiger charge is -2.10. The smallest absolute Gasteiger partial charge is 0.0576 e. The van der Waals surface area contributed by atoms with Crippen LogP contribution in [-0.2, 0) is 4.74 Å². The fourth-order valence-electron chi connectivity index (χ4n) is 1.81. The highest BCUT2D eigenvalue weighted by atomic mass is 79.9. The summed E-state index contributed by atoms with van der Waals surface area (Å²) < 4.78 is 5.58. The van der Waals surface area contributed by atoms with Crippen molar-refractivity contribution in [3.63, 3.8) is 0 Å². The minimum atomic E-state index is 0.597. The van der Waals surface area contributed by atoms with Gasteiger partial charge in [-0.05, 0) is 31.6 Å². The third-order valence-corrected chi connectivity index (χ3v) is 3.87. The number of hydrogen-bond donors (Lipinski definition) is 0. The van der Waals surface area contributed by atoms with Crippen LogP contribution < -0.4 is 0 Å². The Hall–Kier alpha value is 0.440. The zero-order chi connectivity index (χ0) is 9.52. The molecule has 0 amide bonds. The minimum Gasteiger partial charge on any atom is -0.378 e. The van der Waals surface area contributed by atoms with Crippen LogP contribution in [0.3, 0.4) is 0 Å². The van der Waals surface area contributed by atoms with E-state index in [1.807, 2.05) is 0 Å². The first-order valence-electron chi connectivity index (χ1n) is 5.50.